The van der Waals surface area contributed by atoms with Crippen molar-refractivity contribution in [1.29, 1.82) is 0 Å². The van der Waals surface area contributed by atoms with E-state index < -0.39 is 0 Å². The number of nitrogens with one attached hydrogen (secondary N) is 1. The molecule has 2 aromatic rings. The molecule has 2 unspecified atom stereocenters. The van der Waals surface area contributed by atoms with E-state index in [0.717, 1.165) is 23.5 Å². The van der Waals surface area contributed by atoms with Gasteiger partial charge in [-0.1, -0.05) is 45.6 Å². The van der Waals surface area contributed by atoms with E-state index in [4.69, 9.17) is 15.6 Å². The lowest BCUT2D eigenvalue weighted by Crippen LogP contribution is -2.20. The predicted molar refractivity (Wildman–Crippen MR) is 140 cm³/mol. The lowest BCUT2D eigenvalue weighted by atomic mass is 9.79. The van der Waals surface area contributed by atoms with E-state index in [1.54, 1.807) is 0 Å². The molecule has 4 N–H and O–H groups in total. The van der Waals surface area contributed by atoms with Crippen LogP contribution < -0.4 is 5.73 Å². The van der Waals surface area contributed by atoms with Gasteiger partial charge in [-0.15, -0.1) is 0 Å². The van der Waals surface area contributed by atoms with E-state index in [2.05, 4.69) is 54.1 Å². The number of aliphatic hydroxyl groups excluding tert-OH is 1. The first-order valence-corrected chi connectivity index (χ1v) is 11.9. The summed E-state index contributed by atoms with van der Waals surface area (Å²) in [5, 5.41) is 9.35. The molecular formula is C26H43N5O2. The normalized spacial score (nSPS) is 18.9. The fourth-order valence-corrected chi connectivity index (χ4v) is 3.60. The Hall–Kier alpha value is -2.51. The molecule has 1 aliphatic carbocycles. The molecule has 184 valence electrons. The van der Waals surface area contributed by atoms with Crippen molar-refractivity contribution in [2.75, 3.05) is 33.0 Å². The number of nitrogens with zero attached hydrogens (tertiary/aromatic N) is 3. The van der Waals surface area contributed by atoms with Gasteiger partial charge in [0.1, 0.15) is 18.3 Å². The number of fused-ring (bicyclic) bond motifs is 1. The second-order valence-corrected chi connectivity index (χ2v) is 8.98. The van der Waals surface area contributed by atoms with E-state index in [1.807, 2.05) is 38.1 Å². The molecule has 7 heteroatoms. The SMILES string of the molecule is C=O.CC1CC1.CCCCC1C=CN=C(C)C1c1c[nH]c2nc(N)ccc12.CN(C)CCO. The fourth-order valence-electron chi connectivity index (χ4n) is 3.60. The van der Waals surface area contributed by atoms with Crippen molar-refractivity contribution in [3.05, 3.63) is 36.2 Å². The van der Waals surface area contributed by atoms with Crippen molar-refractivity contribution in [2.24, 2.45) is 16.8 Å². The van der Waals surface area contributed by atoms with Crippen LogP contribution in [0.4, 0.5) is 5.82 Å². The molecule has 33 heavy (non-hydrogen) atoms. The number of H-pyrrole nitrogens is 1. The first-order valence-electron chi connectivity index (χ1n) is 11.9. The van der Waals surface area contributed by atoms with Gasteiger partial charge in [0.05, 0.1) is 6.61 Å². The van der Waals surface area contributed by atoms with Gasteiger partial charge in [-0.25, -0.2) is 4.98 Å². The quantitative estimate of drug-likeness (QED) is 0.578. The molecule has 2 aliphatic rings. The minimum absolute atomic E-state index is 0.257. The third-order valence-electron chi connectivity index (χ3n) is 5.72. The van der Waals surface area contributed by atoms with Crippen LogP contribution >= 0.6 is 0 Å². The highest BCUT2D eigenvalue weighted by molar-refractivity contribution is 5.95. The van der Waals surface area contributed by atoms with Crippen LogP contribution in [-0.4, -0.2) is 59.7 Å². The monoisotopic (exact) mass is 457 g/mol. The smallest absolute Gasteiger partial charge is 0.139 e. The van der Waals surface area contributed by atoms with Crippen LogP contribution in [0.5, 0.6) is 0 Å². The molecule has 4 rings (SSSR count). The lowest BCUT2D eigenvalue weighted by molar-refractivity contribution is -0.0979. The molecule has 0 saturated heterocycles. The summed E-state index contributed by atoms with van der Waals surface area (Å²) in [6, 6.07) is 3.93. The number of nitrogens with two attached hydrogens (primary N) is 1. The van der Waals surface area contributed by atoms with E-state index in [1.165, 1.54) is 43.4 Å². The average Bonchev–Trinajstić information content (AvgIpc) is 3.47. The zero-order valence-corrected chi connectivity index (χ0v) is 21.1. The van der Waals surface area contributed by atoms with Crippen molar-refractivity contribution in [3.63, 3.8) is 0 Å². The maximum atomic E-state index is 8.20. The van der Waals surface area contributed by atoms with Crippen LogP contribution in [0.3, 0.4) is 0 Å². The zero-order chi connectivity index (χ0) is 24.8. The number of pyridine rings is 1. The van der Waals surface area contributed by atoms with E-state index in [9.17, 15) is 0 Å². The van der Waals surface area contributed by atoms with Gasteiger partial charge in [-0.2, -0.15) is 0 Å². The number of aromatic amines is 1. The van der Waals surface area contributed by atoms with E-state index in [-0.39, 0.29) is 6.61 Å². The molecule has 1 aliphatic heterocycles. The Morgan fingerprint density at radius 2 is 1.94 bits per heavy atom. The Labute approximate surface area is 199 Å². The van der Waals surface area contributed by atoms with Gasteiger partial charge < -0.3 is 25.5 Å². The minimum Gasteiger partial charge on any atom is -0.395 e. The maximum Gasteiger partial charge on any atom is 0.139 e. The summed E-state index contributed by atoms with van der Waals surface area (Å²) < 4.78 is 0. The Balaban J connectivity index is 0.000000375. The van der Waals surface area contributed by atoms with Gasteiger partial charge in [0.25, 0.3) is 0 Å². The molecule has 7 nitrogen and oxygen atoms in total. The highest BCUT2D eigenvalue weighted by Gasteiger charge is 2.28. The summed E-state index contributed by atoms with van der Waals surface area (Å²) in [7, 11) is 3.85. The number of rotatable bonds is 6. The molecule has 0 aromatic carbocycles. The van der Waals surface area contributed by atoms with Crippen LogP contribution in [0.2, 0.25) is 0 Å². The second kappa shape index (κ2) is 15.3. The number of carbonyl (C=O) groups is 1. The molecule has 2 aromatic heterocycles. The summed E-state index contributed by atoms with van der Waals surface area (Å²) >= 11 is 0. The first kappa shape index (κ1) is 28.5. The fraction of sp³-hybridized carbons (Fsp3) is 0.577. The molecule has 1 fully saturated rings. The molecule has 0 radical (unpaired) electrons. The number of allylic oxidation sites excluding steroid dienone is 1. The number of aromatic nitrogens is 2. The summed E-state index contributed by atoms with van der Waals surface area (Å²) in [5.41, 5.74) is 9.09. The van der Waals surface area contributed by atoms with Crippen molar-refractivity contribution in [1.82, 2.24) is 14.9 Å². The third-order valence-corrected chi connectivity index (χ3v) is 5.72. The Bertz CT molecular complexity index is 871. The third kappa shape index (κ3) is 9.88. The first-order chi connectivity index (χ1) is 15.9. The van der Waals surface area contributed by atoms with Gasteiger partial charge in [0.15, 0.2) is 0 Å². The lowest BCUT2D eigenvalue weighted by Gasteiger charge is -2.27. The van der Waals surface area contributed by atoms with Gasteiger partial charge in [-0.05, 0) is 57.0 Å². The van der Waals surface area contributed by atoms with Crippen LogP contribution in [0.15, 0.2) is 35.6 Å². The highest BCUT2D eigenvalue weighted by atomic mass is 16.3. The summed E-state index contributed by atoms with van der Waals surface area (Å²) in [4.78, 5) is 22.1. The summed E-state index contributed by atoms with van der Waals surface area (Å²) in [6.45, 7) is 9.66. The number of aliphatic imine (C=N–C) groups is 1. The standard InChI is InChI=1S/C17H22N4.C4H11NO.C4H8.CH2O/c1-3-4-5-12-8-9-19-11(2)16(12)14-10-20-17-13(14)6-7-15(18)21-17;1-5(2)3-4-6;1-4-2-3-4;1-2/h6-10,12,16H,3-5H2,1-2H3,(H3,18,20,21);6H,3-4H2,1-2H3;4H,2-3H2,1H3;1H2. The number of hydrogen-bond acceptors (Lipinski definition) is 6. The van der Waals surface area contributed by atoms with Crippen LogP contribution in [0, 0.1) is 11.8 Å². The Kier molecular flexibility index (Phi) is 13.3. The minimum atomic E-state index is 0.257. The van der Waals surface area contributed by atoms with Gasteiger partial charge in [-0.3, -0.25) is 4.99 Å². The van der Waals surface area contributed by atoms with Gasteiger partial charge >= 0.3 is 0 Å². The molecule has 1 saturated carbocycles. The van der Waals surface area contributed by atoms with Gasteiger partial charge in [0.2, 0.25) is 0 Å². The number of unbranched alkanes of at least 4 members (excludes halogenated alkanes) is 1. The predicted octanol–water partition coefficient (Wildman–Crippen LogP) is 4.80. The van der Waals surface area contributed by atoms with Crippen molar-refractivity contribution >= 4 is 29.4 Å². The second-order valence-electron chi connectivity index (χ2n) is 8.98. The number of anilines is 1. The molecule has 0 spiro atoms. The molecule has 0 amide bonds. The number of hydrogen-bond donors (Lipinski definition) is 3. The Morgan fingerprint density at radius 3 is 2.45 bits per heavy atom. The number of aliphatic hydroxyl groups is 1. The van der Waals surface area contributed by atoms with Crippen LogP contribution in [-0.2, 0) is 4.79 Å². The van der Waals surface area contributed by atoms with Crippen molar-refractivity contribution in [3.8, 4) is 0 Å². The van der Waals surface area contributed by atoms with Gasteiger partial charge in [0, 0.05) is 36.0 Å². The molecule has 0 bridgehead atoms. The van der Waals surface area contributed by atoms with E-state index >= 15 is 0 Å². The zero-order valence-electron chi connectivity index (χ0n) is 21.1. The molecule has 3 heterocycles. The maximum absolute atomic E-state index is 8.20. The number of carbonyl (C=O) groups excluding carboxylic acids is 1. The summed E-state index contributed by atoms with van der Waals surface area (Å²) in [6.07, 6.45) is 12.9. The van der Waals surface area contributed by atoms with Crippen molar-refractivity contribution in [2.45, 2.75) is 58.8 Å². The molecular weight excluding hydrogens is 414 g/mol. The highest BCUT2D eigenvalue weighted by Crippen LogP contribution is 2.37. The molecule has 2 atom stereocenters. The Morgan fingerprint density at radius 1 is 1.27 bits per heavy atom. The summed E-state index contributed by atoms with van der Waals surface area (Å²) in [5.74, 6) is 2.48. The van der Waals surface area contributed by atoms with Crippen LogP contribution in [0.25, 0.3) is 11.0 Å². The van der Waals surface area contributed by atoms with Crippen molar-refractivity contribution < 1.29 is 9.90 Å². The average molecular weight is 458 g/mol. The number of likely N-dealkylation sites (N-methyl/N-ethyl adjacent to an activating group) is 1. The number of nitrogen functional groups attached to an aromatic ring is 1. The van der Waals surface area contributed by atoms with E-state index in [0.29, 0.717) is 17.7 Å². The van der Waals surface area contributed by atoms with Crippen LogP contribution in [0.1, 0.15) is 64.4 Å². The topological polar surface area (TPSA) is 108 Å². The largest absolute Gasteiger partial charge is 0.395 e.